The monoisotopic (exact) mass is 409 g/mol. The van der Waals surface area contributed by atoms with Crippen LogP contribution in [0.15, 0.2) is 48.5 Å². The fourth-order valence-electron chi connectivity index (χ4n) is 3.08. The van der Waals surface area contributed by atoms with E-state index in [9.17, 15) is 14.0 Å². The third kappa shape index (κ3) is 4.89. The number of halogens is 1. The minimum Gasteiger partial charge on any atom is -0.352 e. The van der Waals surface area contributed by atoms with E-state index in [1.54, 1.807) is 41.1 Å². The summed E-state index contributed by atoms with van der Waals surface area (Å²) in [7, 11) is 0. The largest absolute Gasteiger partial charge is 0.352 e. The Balaban J connectivity index is 1.80. The van der Waals surface area contributed by atoms with Gasteiger partial charge in [0.05, 0.1) is 11.4 Å². The number of nitrogens with zero attached hydrogens (tertiary/aromatic N) is 3. The van der Waals surface area contributed by atoms with Crippen LogP contribution in [0.4, 0.5) is 4.39 Å². The van der Waals surface area contributed by atoms with E-state index in [-0.39, 0.29) is 29.9 Å². The lowest BCUT2D eigenvalue weighted by Gasteiger charge is -2.09. The lowest BCUT2D eigenvalue weighted by molar-refractivity contribution is 0.0940. The van der Waals surface area contributed by atoms with Crippen LogP contribution in [0.25, 0.3) is 5.69 Å². The molecule has 0 aliphatic heterocycles. The minimum atomic E-state index is -0.368. The minimum absolute atomic E-state index is 0.145. The van der Waals surface area contributed by atoms with Gasteiger partial charge in [-0.3, -0.25) is 9.59 Å². The summed E-state index contributed by atoms with van der Waals surface area (Å²) in [6, 6.07) is 13.0. The fourth-order valence-corrected chi connectivity index (χ4v) is 3.08. The highest BCUT2D eigenvalue weighted by Crippen LogP contribution is 2.16. The van der Waals surface area contributed by atoms with Crippen LogP contribution in [0.3, 0.4) is 0 Å². The molecule has 1 aromatic heterocycles. The van der Waals surface area contributed by atoms with Gasteiger partial charge in [-0.1, -0.05) is 30.7 Å². The molecular formula is C22H24FN5O2. The normalized spacial score (nSPS) is 10.6. The van der Waals surface area contributed by atoms with E-state index in [4.69, 9.17) is 0 Å². The number of carbonyl (C=O) groups excluding carboxylic acids is 2. The van der Waals surface area contributed by atoms with Crippen molar-refractivity contribution in [1.82, 2.24) is 25.6 Å². The smallest absolute Gasteiger partial charge is 0.274 e. The summed E-state index contributed by atoms with van der Waals surface area (Å²) < 4.78 is 14.9. The second-order valence-corrected chi connectivity index (χ2v) is 6.77. The number of benzene rings is 2. The molecule has 2 N–H and O–H groups in total. The number of amides is 2. The van der Waals surface area contributed by atoms with Crippen LogP contribution < -0.4 is 10.6 Å². The van der Waals surface area contributed by atoms with Gasteiger partial charge in [0.2, 0.25) is 0 Å². The second-order valence-electron chi connectivity index (χ2n) is 6.77. The number of hydrogen-bond acceptors (Lipinski definition) is 4. The molecule has 2 aromatic carbocycles. The predicted octanol–water partition coefficient (Wildman–Crippen LogP) is 3.04. The zero-order chi connectivity index (χ0) is 21.5. The van der Waals surface area contributed by atoms with Gasteiger partial charge in [0, 0.05) is 18.7 Å². The van der Waals surface area contributed by atoms with Crippen LogP contribution in [-0.4, -0.2) is 33.4 Å². The molecule has 0 spiro atoms. The Morgan fingerprint density at radius 3 is 2.47 bits per heavy atom. The average Bonchev–Trinajstić information content (AvgIpc) is 3.16. The van der Waals surface area contributed by atoms with Gasteiger partial charge in [0.1, 0.15) is 5.82 Å². The standard InChI is InChI=1S/C22H24FN5O2/c1-3-6-19-20(22(30)25-14-15-7-5-8-17(23)13-15)26-27-28(19)18-11-9-16(10-12-18)21(29)24-4-2/h5,7-13H,3-4,6,14H2,1-2H3,(H,24,29)(H,25,30). The quantitative estimate of drug-likeness (QED) is 0.599. The molecule has 0 radical (unpaired) electrons. The molecule has 0 aliphatic rings. The molecule has 1 heterocycles. The third-order valence-corrected chi connectivity index (χ3v) is 4.52. The summed E-state index contributed by atoms with van der Waals surface area (Å²) in [5, 5.41) is 13.7. The average molecular weight is 409 g/mol. The molecule has 0 atom stereocenters. The summed E-state index contributed by atoms with van der Waals surface area (Å²) >= 11 is 0. The first-order valence-corrected chi connectivity index (χ1v) is 9.89. The molecule has 0 saturated carbocycles. The van der Waals surface area contributed by atoms with Crippen LogP contribution in [0.5, 0.6) is 0 Å². The maximum atomic E-state index is 13.3. The zero-order valence-electron chi connectivity index (χ0n) is 17.0. The Kier molecular flexibility index (Phi) is 6.90. The van der Waals surface area contributed by atoms with E-state index >= 15 is 0 Å². The van der Waals surface area contributed by atoms with Gasteiger partial charge in [-0.2, -0.15) is 0 Å². The Morgan fingerprint density at radius 2 is 1.80 bits per heavy atom. The molecule has 30 heavy (non-hydrogen) atoms. The first-order valence-electron chi connectivity index (χ1n) is 9.89. The highest BCUT2D eigenvalue weighted by molar-refractivity contribution is 5.94. The summed E-state index contributed by atoms with van der Waals surface area (Å²) in [5.74, 6) is -0.864. The van der Waals surface area contributed by atoms with Gasteiger partial charge in [-0.25, -0.2) is 9.07 Å². The summed E-state index contributed by atoms with van der Waals surface area (Å²) in [4.78, 5) is 24.6. The van der Waals surface area contributed by atoms with Crippen molar-refractivity contribution >= 4 is 11.8 Å². The number of aromatic nitrogens is 3. The molecule has 3 aromatic rings. The van der Waals surface area contributed by atoms with Gasteiger partial charge in [0.25, 0.3) is 11.8 Å². The molecule has 0 unspecified atom stereocenters. The fraction of sp³-hybridized carbons (Fsp3) is 0.273. The molecule has 0 aliphatic carbocycles. The summed E-state index contributed by atoms with van der Waals surface area (Å²) in [5.41, 5.74) is 2.84. The van der Waals surface area contributed by atoms with Crippen LogP contribution >= 0.6 is 0 Å². The molecule has 156 valence electrons. The van der Waals surface area contributed by atoms with Gasteiger partial charge < -0.3 is 10.6 Å². The van der Waals surface area contributed by atoms with E-state index in [2.05, 4.69) is 20.9 Å². The molecule has 0 fully saturated rings. The highest BCUT2D eigenvalue weighted by Gasteiger charge is 2.20. The van der Waals surface area contributed by atoms with Crippen LogP contribution in [0.2, 0.25) is 0 Å². The van der Waals surface area contributed by atoms with Gasteiger partial charge in [-0.15, -0.1) is 5.10 Å². The molecule has 7 nitrogen and oxygen atoms in total. The van der Waals surface area contributed by atoms with Crippen molar-refractivity contribution in [1.29, 1.82) is 0 Å². The van der Waals surface area contributed by atoms with E-state index < -0.39 is 0 Å². The van der Waals surface area contributed by atoms with E-state index in [0.29, 0.717) is 35.5 Å². The Hall–Kier alpha value is -3.55. The number of carbonyl (C=O) groups is 2. The van der Waals surface area contributed by atoms with E-state index in [1.807, 2.05) is 13.8 Å². The first kappa shape index (κ1) is 21.2. The first-order chi connectivity index (χ1) is 14.5. The van der Waals surface area contributed by atoms with Crippen molar-refractivity contribution in [3.8, 4) is 5.69 Å². The lowest BCUT2D eigenvalue weighted by Crippen LogP contribution is -2.24. The zero-order valence-corrected chi connectivity index (χ0v) is 17.0. The van der Waals surface area contributed by atoms with Crippen LogP contribution in [0.1, 0.15) is 52.4 Å². The second kappa shape index (κ2) is 9.78. The third-order valence-electron chi connectivity index (χ3n) is 4.52. The SMILES string of the molecule is CCCc1c(C(=O)NCc2cccc(F)c2)nnn1-c1ccc(C(=O)NCC)cc1. The van der Waals surface area contributed by atoms with Crippen LogP contribution in [-0.2, 0) is 13.0 Å². The van der Waals surface area contributed by atoms with Crippen molar-refractivity contribution < 1.29 is 14.0 Å². The van der Waals surface area contributed by atoms with Crippen molar-refractivity contribution in [2.75, 3.05) is 6.54 Å². The Labute approximate surface area is 174 Å². The molecule has 3 rings (SSSR count). The maximum absolute atomic E-state index is 13.3. The molecule has 2 amide bonds. The topological polar surface area (TPSA) is 88.9 Å². The van der Waals surface area contributed by atoms with Gasteiger partial charge >= 0.3 is 0 Å². The molecule has 8 heteroatoms. The molecule has 0 bridgehead atoms. The van der Waals surface area contributed by atoms with E-state index in [0.717, 1.165) is 6.42 Å². The Morgan fingerprint density at radius 1 is 1.03 bits per heavy atom. The summed E-state index contributed by atoms with van der Waals surface area (Å²) in [6.45, 7) is 4.61. The molecular weight excluding hydrogens is 385 g/mol. The number of nitrogens with one attached hydrogen (secondary N) is 2. The van der Waals surface area contributed by atoms with E-state index in [1.165, 1.54) is 12.1 Å². The maximum Gasteiger partial charge on any atom is 0.274 e. The van der Waals surface area contributed by atoms with Gasteiger partial charge in [0.15, 0.2) is 5.69 Å². The van der Waals surface area contributed by atoms with Crippen molar-refractivity contribution in [2.24, 2.45) is 0 Å². The van der Waals surface area contributed by atoms with Crippen molar-refractivity contribution in [3.05, 3.63) is 76.9 Å². The van der Waals surface area contributed by atoms with Crippen LogP contribution in [0, 0.1) is 5.82 Å². The van der Waals surface area contributed by atoms with Crippen molar-refractivity contribution in [2.45, 2.75) is 33.2 Å². The highest BCUT2D eigenvalue weighted by atomic mass is 19.1. The summed E-state index contributed by atoms with van der Waals surface area (Å²) in [6.07, 6.45) is 1.41. The molecule has 0 saturated heterocycles. The lowest BCUT2D eigenvalue weighted by atomic mass is 10.1. The predicted molar refractivity (Wildman–Crippen MR) is 111 cm³/mol. The number of rotatable bonds is 8. The van der Waals surface area contributed by atoms with Crippen molar-refractivity contribution in [3.63, 3.8) is 0 Å². The Bertz CT molecular complexity index is 1030. The number of hydrogen-bond donors (Lipinski definition) is 2. The van der Waals surface area contributed by atoms with Gasteiger partial charge in [-0.05, 0) is 55.3 Å².